The van der Waals surface area contributed by atoms with Crippen molar-refractivity contribution in [1.82, 2.24) is 14.9 Å². The summed E-state index contributed by atoms with van der Waals surface area (Å²) in [7, 11) is 0. The number of amides is 1. The van der Waals surface area contributed by atoms with Crippen molar-refractivity contribution >= 4 is 17.7 Å². The zero-order valence-electron chi connectivity index (χ0n) is 15.9. The van der Waals surface area contributed by atoms with Crippen LogP contribution in [0.2, 0.25) is 0 Å². The molecule has 3 heterocycles. The highest BCUT2D eigenvalue weighted by Crippen LogP contribution is 2.23. The quantitative estimate of drug-likeness (QED) is 0.811. The number of carbonyl (C=O) groups is 1. The normalized spacial score (nSPS) is 17.3. The lowest BCUT2D eigenvalue weighted by Crippen LogP contribution is -2.49. The van der Waals surface area contributed by atoms with Gasteiger partial charge < -0.3 is 14.7 Å². The second kappa shape index (κ2) is 7.69. The molecule has 0 atom stereocenters. The van der Waals surface area contributed by atoms with E-state index in [1.807, 2.05) is 17.9 Å². The third kappa shape index (κ3) is 3.63. The van der Waals surface area contributed by atoms with Crippen molar-refractivity contribution in [2.24, 2.45) is 0 Å². The Bertz CT molecular complexity index is 857. The Morgan fingerprint density at radius 1 is 0.929 bits per heavy atom. The van der Waals surface area contributed by atoms with E-state index in [-0.39, 0.29) is 0 Å². The Labute approximate surface area is 162 Å². The van der Waals surface area contributed by atoms with E-state index < -0.39 is 23.1 Å². The maximum atomic E-state index is 13.9. The Morgan fingerprint density at radius 3 is 2.21 bits per heavy atom. The molecule has 6 nitrogen and oxygen atoms in total. The van der Waals surface area contributed by atoms with Crippen LogP contribution in [0.4, 0.5) is 20.5 Å². The molecule has 1 amide bonds. The zero-order chi connectivity index (χ0) is 19.7. The highest BCUT2D eigenvalue weighted by atomic mass is 19.1. The molecule has 2 fully saturated rings. The zero-order valence-corrected chi connectivity index (χ0v) is 15.9. The summed E-state index contributed by atoms with van der Waals surface area (Å²) in [5.74, 6) is -0.689. The van der Waals surface area contributed by atoms with Crippen LogP contribution < -0.4 is 9.80 Å². The van der Waals surface area contributed by atoms with Crippen molar-refractivity contribution in [3.63, 3.8) is 0 Å². The molecule has 0 saturated carbocycles. The third-order valence-electron chi connectivity index (χ3n) is 5.29. The maximum Gasteiger partial charge on any atom is 0.259 e. The number of benzene rings is 1. The van der Waals surface area contributed by atoms with Crippen LogP contribution in [0.3, 0.4) is 0 Å². The molecule has 0 N–H and O–H groups in total. The molecule has 0 bridgehead atoms. The SMILES string of the molecule is Cc1cc(N2CCCC2)nc(N2CCN(C(=O)c3c(F)cccc3F)CC2)n1. The fourth-order valence-corrected chi connectivity index (χ4v) is 3.76. The standard InChI is InChI=1S/C20H23F2N5O/c1-14-13-17(25-7-2-3-8-25)24-20(23-14)27-11-9-26(10-12-27)19(28)18-15(21)5-4-6-16(18)22/h4-6,13H,2-3,7-12H2,1H3. The fraction of sp³-hybridized carbons (Fsp3) is 0.450. The molecule has 0 unspecified atom stereocenters. The Hall–Kier alpha value is -2.77. The van der Waals surface area contributed by atoms with Crippen LogP contribution in [0.5, 0.6) is 0 Å². The van der Waals surface area contributed by atoms with Gasteiger partial charge in [0.05, 0.1) is 0 Å². The number of piperazine rings is 1. The lowest BCUT2D eigenvalue weighted by Gasteiger charge is -2.35. The minimum Gasteiger partial charge on any atom is -0.356 e. The fourth-order valence-electron chi connectivity index (χ4n) is 3.76. The maximum absolute atomic E-state index is 13.9. The van der Waals surface area contributed by atoms with Gasteiger partial charge in [0.1, 0.15) is 23.0 Å². The summed E-state index contributed by atoms with van der Waals surface area (Å²) >= 11 is 0. The minimum absolute atomic E-state index is 0.364. The van der Waals surface area contributed by atoms with Gasteiger partial charge in [-0.2, -0.15) is 4.98 Å². The molecule has 2 aromatic rings. The highest BCUT2D eigenvalue weighted by Gasteiger charge is 2.28. The van der Waals surface area contributed by atoms with Crippen molar-refractivity contribution in [3.05, 3.63) is 47.2 Å². The van der Waals surface area contributed by atoms with Gasteiger partial charge in [-0.15, -0.1) is 0 Å². The molecule has 1 aromatic heterocycles. The van der Waals surface area contributed by atoms with Crippen molar-refractivity contribution in [3.8, 4) is 0 Å². The van der Waals surface area contributed by atoms with E-state index in [2.05, 4.69) is 9.88 Å². The van der Waals surface area contributed by atoms with Crippen molar-refractivity contribution < 1.29 is 13.6 Å². The summed E-state index contributed by atoms with van der Waals surface area (Å²) in [5.41, 5.74) is 0.415. The van der Waals surface area contributed by atoms with Gasteiger partial charge in [0.2, 0.25) is 5.95 Å². The summed E-state index contributed by atoms with van der Waals surface area (Å²) in [4.78, 5) is 27.6. The monoisotopic (exact) mass is 387 g/mol. The van der Waals surface area contributed by atoms with E-state index in [0.29, 0.717) is 32.1 Å². The molecule has 2 aliphatic rings. The van der Waals surface area contributed by atoms with Crippen molar-refractivity contribution in [2.75, 3.05) is 49.1 Å². The van der Waals surface area contributed by atoms with Gasteiger partial charge in [0.15, 0.2) is 0 Å². The summed E-state index contributed by atoms with van der Waals surface area (Å²) in [6, 6.07) is 5.46. The molecule has 8 heteroatoms. The summed E-state index contributed by atoms with van der Waals surface area (Å²) in [5, 5.41) is 0. The molecule has 4 rings (SSSR count). The number of rotatable bonds is 3. The van der Waals surface area contributed by atoms with Gasteiger partial charge in [-0.05, 0) is 31.9 Å². The number of aryl methyl sites for hydroxylation is 1. The molecular weight excluding hydrogens is 364 g/mol. The molecule has 1 aromatic carbocycles. The van der Waals surface area contributed by atoms with Crippen LogP contribution in [0.1, 0.15) is 28.9 Å². The largest absolute Gasteiger partial charge is 0.356 e. The van der Waals surface area contributed by atoms with Crippen LogP contribution in [-0.2, 0) is 0 Å². The number of nitrogens with zero attached hydrogens (tertiary/aromatic N) is 5. The number of aromatic nitrogens is 2. The number of anilines is 2. The van der Waals surface area contributed by atoms with Gasteiger partial charge >= 0.3 is 0 Å². The number of carbonyl (C=O) groups excluding carboxylic acids is 1. The Morgan fingerprint density at radius 2 is 1.57 bits per heavy atom. The second-order valence-corrected chi connectivity index (χ2v) is 7.24. The molecule has 2 saturated heterocycles. The van der Waals surface area contributed by atoms with E-state index in [9.17, 15) is 13.6 Å². The van der Waals surface area contributed by atoms with E-state index in [1.54, 1.807) is 0 Å². The Balaban J connectivity index is 1.46. The van der Waals surface area contributed by atoms with Gasteiger partial charge in [-0.3, -0.25) is 4.79 Å². The van der Waals surface area contributed by atoms with E-state index in [1.165, 1.54) is 23.8 Å². The smallest absolute Gasteiger partial charge is 0.259 e. The first-order valence-electron chi connectivity index (χ1n) is 9.62. The van der Waals surface area contributed by atoms with Crippen LogP contribution in [0.25, 0.3) is 0 Å². The minimum atomic E-state index is -0.829. The summed E-state index contributed by atoms with van der Waals surface area (Å²) < 4.78 is 27.8. The predicted octanol–water partition coefficient (Wildman–Crippen LogP) is 2.63. The first-order valence-corrected chi connectivity index (χ1v) is 9.62. The van der Waals surface area contributed by atoms with Gasteiger partial charge in [-0.1, -0.05) is 6.07 Å². The van der Waals surface area contributed by atoms with Gasteiger partial charge in [0, 0.05) is 51.0 Å². The first kappa shape index (κ1) is 18.6. The molecular formula is C20H23F2N5O. The number of halogens is 2. The van der Waals surface area contributed by atoms with Crippen LogP contribution >= 0.6 is 0 Å². The highest BCUT2D eigenvalue weighted by molar-refractivity contribution is 5.95. The molecule has 2 aliphatic heterocycles. The van der Waals surface area contributed by atoms with Crippen molar-refractivity contribution in [2.45, 2.75) is 19.8 Å². The van der Waals surface area contributed by atoms with Gasteiger partial charge in [0.25, 0.3) is 5.91 Å². The molecule has 0 radical (unpaired) electrons. The first-order chi connectivity index (χ1) is 13.5. The van der Waals surface area contributed by atoms with Crippen LogP contribution in [0, 0.1) is 18.6 Å². The van der Waals surface area contributed by atoms with E-state index in [0.717, 1.165) is 36.7 Å². The predicted molar refractivity (Wildman–Crippen MR) is 103 cm³/mol. The van der Waals surface area contributed by atoms with Crippen LogP contribution in [0.15, 0.2) is 24.3 Å². The third-order valence-corrected chi connectivity index (χ3v) is 5.29. The molecule has 0 spiro atoms. The lowest BCUT2D eigenvalue weighted by atomic mass is 10.1. The summed E-state index contributed by atoms with van der Waals surface area (Å²) in [6.45, 7) is 5.73. The lowest BCUT2D eigenvalue weighted by molar-refractivity contribution is 0.0736. The summed E-state index contributed by atoms with van der Waals surface area (Å²) in [6.07, 6.45) is 2.34. The average Bonchev–Trinajstić information content (AvgIpc) is 3.22. The van der Waals surface area contributed by atoms with Crippen molar-refractivity contribution in [1.29, 1.82) is 0 Å². The topological polar surface area (TPSA) is 52.6 Å². The van der Waals surface area contributed by atoms with E-state index in [4.69, 9.17) is 4.98 Å². The molecule has 28 heavy (non-hydrogen) atoms. The second-order valence-electron chi connectivity index (χ2n) is 7.24. The molecule has 148 valence electrons. The number of hydrogen-bond acceptors (Lipinski definition) is 5. The number of hydrogen-bond donors (Lipinski definition) is 0. The van der Waals surface area contributed by atoms with Crippen LogP contribution in [-0.4, -0.2) is 60.0 Å². The molecule has 0 aliphatic carbocycles. The average molecular weight is 387 g/mol. The van der Waals surface area contributed by atoms with E-state index >= 15 is 0 Å². The Kier molecular flexibility index (Phi) is 5.11. The van der Waals surface area contributed by atoms with Gasteiger partial charge in [-0.25, -0.2) is 13.8 Å².